The molecule has 2 aromatic carbocycles. The van der Waals surface area contributed by atoms with Gasteiger partial charge in [-0.1, -0.05) is 93.6 Å². The molecule has 1 aliphatic carbocycles. The first-order valence-corrected chi connectivity index (χ1v) is 15.5. The van der Waals surface area contributed by atoms with Gasteiger partial charge in [-0.05, 0) is 49.0 Å². The predicted molar refractivity (Wildman–Crippen MR) is 143 cm³/mol. The van der Waals surface area contributed by atoms with Gasteiger partial charge in [-0.25, -0.2) is 0 Å². The van der Waals surface area contributed by atoms with Gasteiger partial charge in [0.05, 0.1) is 12.1 Å². The minimum Gasteiger partial charge on any atom is -0.407 e. The molecule has 0 saturated heterocycles. The summed E-state index contributed by atoms with van der Waals surface area (Å²) in [4.78, 5) is 15.4. The van der Waals surface area contributed by atoms with Crippen molar-refractivity contribution in [1.29, 1.82) is 0 Å². The summed E-state index contributed by atoms with van der Waals surface area (Å²) >= 11 is 0. The number of carbonyl (C=O) groups is 1. The smallest absolute Gasteiger partial charge is 0.193 e. The van der Waals surface area contributed by atoms with Crippen LogP contribution in [0.1, 0.15) is 70.2 Å². The number of hydrogen-bond donors (Lipinski definition) is 0. The highest BCUT2D eigenvalue weighted by Gasteiger charge is 2.44. The maximum absolute atomic E-state index is 12.9. The average molecular weight is 474 g/mol. The molecule has 1 aliphatic heterocycles. The number of carbonyl (C=O) groups excluding carboxylic acids is 1. The van der Waals surface area contributed by atoms with Gasteiger partial charge in [-0.2, -0.15) is 0 Å². The number of allylic oxidation sites excluding steroid dienone is 3. The van der Waals surface area contributed by atoms with E-state index >= 15 is 0 Å². The molecule has 3 atom stereocenters. The Kier molecular flexibility index (Phi) is 7.02. The van der Waals surface area contributed by atoms with Gasteiger partial charge >= 0.3 is 0 Å². The average Bonchev–Trinajstić information content (AvgIpc) is 2.80. The van der Waals surface area contributed by atoms with E-state index in [1.807, 2.05) is 0 Å². The van der Waals surface area contributed by atoms with Crippen LogP contribution in [0.15, 0.2) is 84.1 Å². The monoisotopic (exact) mass is 473 g/mol. The predicted octanol–water partition coefficient (Wildman–Crippen LogP) is 7.76. The zero-order chi connectivity index (χ0) is 24.5. The molecular weight excluding hydrogens is 434 g/mol. The van der Waals surface area contributed by atoms with Crippen LogP contribution in [-0.4, -0.2) is 25.0 Å². The van der Waals surface area contributed by atoms with Crippen molar-refractivity contribution in [3.63, 3.8) is 0 Å². The topological polar surface area (TPSA) is 29.5 Å². The molecule has 0 unspecified atom stereocenters. The van der Waals surface area contributed by atoms with Crippen LogP contribution >= 0.6 is 0 Å². The summed E-state index contributed by atoms with van der Waals surface area (Å²) in [5.74, 6) is 0.266. The van der Waals surface area contributed by atoms with E-state index in [1.54, 1.807) is 0 Å². The van der Waals surface area contributed by atoms with Crippen LogP contribution in [-0.2, 0) is 9.22 Å². The summed E-state index contributed by atoms with van der Waals surface area (Å²) in [6, 6.07) is 21.5. The third kappa shape index (κ3) is 4.85. The van der Waals surface area contributed by atoms with Crippen LogP contribution in [0.5, 0.6) is 0 Å². The molecule has 4 rings (SSSR count). The Morgan fingerprint density at radius 3 is 2.12 bits per heavy atom. The molecule has 4 heteroatoms. The summed E-state index contributed by atoms with van der Waals surface area (Å²) in [6.45, 7) is 13.8. The first-order chi connectivity index (χ1) is 16.1. The van der Waals surface area contributed by atoms with Crippen LogP contribution in [0.25, 0.3) is 0 Å². The molecule has 3 nitrogen and oxygen atoms in total. The van der Waals surface area contributed by atoms with E-state index in [-0.39, 0.29) is 29.0 Å². The highest BCUT2D eigenvalue weighted by atomic mass is 28.4. The quantitative estimate of drug-likeness (QED) is 0.402. The Morgan fingerprint density at radius 2 is 1.53 bits per heavy atom. The van der Waals surface area contributed by atoms with E-state index in [0.29, 0.717) is 6.42 Å². The summed E-state index contributed by atoms with van der Waals surface area (Å²) in [6.07, 6.45) is 6.59. The minimum atomic E-state index is -2.12. The lowest BCUT2D eigenvalue weighted by Gasteiger charge is -2.49. The molecule has 0 aromatic heterocycles. The van der Waals surface area contributed by atoms with Crippen LogP contribution in [0.3, 0.4) is 0 Å². The number of ketones is 1. The van der Waals surface area contributed by atoms with Crippen molar-refractivity contribution in [3.05, 3.63) is 95.2 Å². The van der Waals surface area contributed by atoms with Crippen molar-refractivity contribution in [3.8, 4) is 0 Å². The fourth-order valence-corrected chi connectivity index (χ4v) is 6.14. The van der Waals surface area contributed by atoms with E-state index in [2.05, 4.69) is 119 Å². The van der Waals surface area contributed by atoms with Gasteiger partial charge in [0.1, 0.15) is 0 Å². The third-order valence-corrected chi connectivity index (χ3v) is 12.3. The second kappa shape index (κ2) is 9.67. The third-order valence-electron chi connectivity index (χ3n) is 7.80. The lowest BCUT2D eigenvalue weighted by atomic mass is 9.86. The lowest BCUT2D eigenvalue weighted by molar-refractivity contribution is -0.116. The van der Waals surface area contributed by atoms with Gasteiger partial charge in [0, 0.05) is 23.7 Å². The van der Waals surface area contributed by atoms with E-state index in [4.69, 9.17) is 4.43 Å². The van der Waals surface area contributed by atoms with Crippen molar-refractivity contribution < 1.29 is 9.22 Å². The Labute approximate surface area is 206 Å². The molecule has 180 valence electrons. The van der Waals surface area contributed by atoms with Crippen molar-refractivity contribution in [2.75, 3.05) is 0 Å². The molecule has 0 spiro atoms. The van der Waals surface area contributed by atoms with E-state index in [0.717, 1.165) is 18.4 Å². The second-order valence-corrected chi connectivity index (χ2v) is 16.0. The standard InChI is InChI=1S/C30H39NO2Si/c1-22-20-21-25-26(18-13-19-27(25)32)31(22)28(23-14-9-7-10-15-23)29(24-16-11-8-12-17-24)33-34(5,6)30(2,3)4/h7-12,14-17,20-22,28-29H,13,18-19H2,1-6H3/t22-,28-,29+/m1/s1. The Bertz CT molecular complexity index is 1070. The van der Waals surface area contributed by atoms with Crippen LogP contribution < -0.4 is 0 Å². The molecule has 0 amide bonds. The van der Waals surface area contributed by atoms with Crippen molar-refractivity contribution in [2.45, 2.75) is 83.3 Å². The molecule has 0 radical (unpaired) electrons. The van der Waals surface area contributed by atoms with Crippen LogP contribution in [0.4, 0.5) is 0 Å². The second-order valence-electron chi connectivity index (χ2n) is 11.2. The summed E-state index contributed by atoms with van der Waals surface area (Å²) in [5.41, 5.74) is 4.48. The van der Waals surface area contributed by atoms with Crippen LogP contribution in [0, 0.1) is 0 Å². The Morgan fingerprint density at radius 1 is 0.941 bits per heavy atom. The lowest BCUT2D eigenvalue weighted by Crippen LogP contribution is -2.47. The van der Waals surface area contributed by atoms with E-state index in [9.17, 15) is 4.79 Å². The molecule has 0 N–H and O–H groups in total. The van der Waals surface area contributed by atoms with Crippen molar-refractivity contribution in [1.82, 2.24) is 4.90 Å². The number of Topliss-reactive ketones (excluding diaryl/α,β-unsaturated/α-hetero) is 1. The van der Waals surface area contributed by atoms with Gasteiger partial charge in [-0.3, -0.25) is 4.79 Å². The van der Waals surface area contributed by atoms with Gasteiger partial charge in [0.25, 0.3) is 0 Å². The normalized spacial score (nSPS) is 20.8. The van der Waals surface area contributed by atoms with Crippen LogP contribution in [0.2, 0.25) is 18.1 Å². The number of rotatable bonds is 6. The highest BCUT2D eigenvalue weighted by molar-refractivity contribution is 6.74. The molecule has 2 aliphatic rings. The zero-order valence-electron chi connectivity index (χ0n) is 21.5. The SMILES string of the molecule is C[C@@H]1C=CC2=C(CCCC2=O)N1[C@H](c1ccccc1)[C@@H](O[Si](C)(C)C(C)(C)C)c1ccccc1. The van der Waals surface area contributed by atoms with Gasteiger partial charge in [0.15, 0.2) is 14.1 Å². The molecule has 0 fully saturated rings. The Balaban J connectivity index is 1.91. The van der Waals surface area contributed by atoms with Crippen molar-refractivity contribution >= 4 is 14.1 Å². The summed E-state index contributed by atoms with van der Waals surface area (Å²) in [5, 5.41) is 0.0833. The van der Waals surface area contributed by atoms with E-state index < -0.39 is 8.32 Å². The molecule has 1 heterocycles. The number of nitrogens with zero attached hydrogens (tertiary/aromatic N) is 1. The fourth-order valence-electron chi connectivity index (χ4n) is 4.88. The molecule has 0 saturated carbocycles. The number of benzene rings is 2. The fraction of sp³-hybridized carbons (Fsp3) is 0.433. The molecular formula is C30H39NO2Si. The minimum absolute atomic E-state index is 0.0337. The maximum Gasteiger partial charge on any atom is 0.193 e. The van der Waals surface area contributed by atoms with Gasteiger partial charge in [0.2, 0.25) is 0 Å². The Hall–Kier alpha value is -2.43. The summed E-state index contributed by atoms with van der Waals surface area (Å²) < 4.78 is 7.28. The maximum atomic E-state index is 12.9. The summed E-state index contributed by atoms with van der Waals surface area (Å²) in [7, 11) is -2.12. The first-order valence-electron chi connectivity index (χ1n) is 12.6. The highest BCUT2D eigenvalue weighted by Crippen LogP contribution is 2.48. The molecule has 34 heavy (non-hydrogen) atoms. The molecule has 2 aromatic rings. The van der Waals surface area contributed by atoms with E-state index in [1.165, 1.54) is 16.8 Å². The zero-order valence-corrected chi connectivity index (χ0v) is 22.5. The molecule has 0 bridgehead atoms. The number of hydrogen-bond acceptors (Lipinski definition) is 3. The van der Waals surface area contributed by atoms with Gasteiger partial charge < -0.3 is 9.33 Å². The first kappa shape index (κ1) is 24.7. The largest absolute Gasteiger partial charge is 0.407 e. The van der Waals surface area contributed by atoms with Crippen molar-refractivity contribution in [2.24, 2.45) is 0 Å². The van der Waals surface area contributed by atoms with Gasteiger partial charge in [-0.15, -0.1) is 0 Å².